The first-order chi connectivity index (χ1) is 15.4. The maximum atomic E-state index is 13.2. The van der Waals surface area contributed by atoms with Crippen LogP contribution in [-0.4, -0.2) is 87.4 Å². The van der Waals surface area contributed by atoms with E-state index < -0.39 is 10.0 Å². The highest BCUT2D eigenvalue weighted by atomic mass is 32.2. The number of aryl methyl sites for hydroxylation is 1. The Morgan fingerprint density at radius 1 is 0.906 bits per heavy atom. The van der Waals surface area contributed by atoms with Crippen LogP contribution in [0.4, 0.5) is 0 Å². The molecule has 1 aromatic carbocycles. The molecule has 0 atom stereocenters. The van der Waals surface area contributed by atoms with Crippen LogP contribution in [0.5, 0.6) is 0 Å². The zero-order valence-electron chi connectivity index (χ0n) is 19.4. The maximum Gasteiger partial charge on any atom is 0.254 e. The van der Waals surface area contributed by atoms with Gasteiger partial charge in [-0.05, 0) is 63.4 Å². The zero-order valence-corrected chi connectivity index (χ0v) is 20.2. The number of likely N-dealkylation sites (tertiary alicyclic amines) is 1. The molecule has 8 heteroatoms. The van der Waals surface area contributed by atoms with E-state index in [1.54, 1.807) is 18.2 Å². The Balaban J connectivity index is 1.36. The lowest BCUT2D eigenvalue weighted by Crippen LogP contribution is -2.50. The Morgan fingerprint density at radius 3 is 2.19 bits per heavy atom. The number of carbonyl (C=O) groups is 1. The fourth-order valence-corrected chi connectivity index (χ4v) is 6.47. The van der Waals surface area contributed by atoms with Crippen LogP contribution in [0.3, 0.4) is 0 Å². The molecule has 178 valence electrons. The van der Waals surface area contributed by atoms with Crippen molar-refractivity contribution in [3.63, 3.8) is 0 Å². The number of amides is 1. The molecule has 0 unspecified atom stereocenters. The van der Waals surface area contributed by atoms with Gasteiger partial charge in [-0.25, -0.2) is 13.1 Å². The lowest BCUT2D eigenvalue weighted by atomic mass is 9.96. The van der Waals surface area contributed by atoms with Gasteiger partial charge in [0.1, 0.15) is 0 Å². The predicted octanol–water partition coefficient (Wildman–Crippen LogP) is 2.46. The van der Waals surface area contributed by atoms with Crippen molar-refractivity contribution in [2.24, 2.45) is 0 Å². The molecule has 32 heavy (non-hydrogen) atoms. The van der Waals surface area contributed by atoms with Crippen LogP contribution < -0.4 is 4.72 Å². The summed E-state index contributed by atoms with van der Waals surface area (Å²) in [6.45, 7) is 9.61. The van der Waals surface area contributed by atoms with Crippen molar-refractivity contribution >= 4 is 15.9 Å². The number of rotatable bonds is 7. The van der Waals surface area contributed by atoms with Gasteiger partial charge in [-0.3, -0.25) is 9.69 Å². The molecule has 4 rings (SSSR count). The van der Waals surface area contributed by atoms with Crippen LogP contribution in [0.2, 0.25) is 0 Å². The number of carbonyl (C=O) groups excluding carboxylic acids is 1. The fourth-order valence-electron chi connectivity index (χ4n) is 5.14. The molecule has 2 aliphatic heterocycles. The normalized spacial score (nSPS) is 21.8. The number of nitrogens with one attached hydrogen (secondary N) is 1. The number of hydrogen-bond donors (Lipinski definition) is 1. The standard InChI is InChI=1S/C24H38N4O3S/c1-20-9-10-22(32(30,31)25-21-7-3-2-4-8-21)19-23(20)24(29)28-17-15-27(16-18-28)14-13-26-11-5-6-12-26/h9-10,19,21,25H,2-8,11-18H2,1H3. The predicted molar refractivity (Wildman–Crippen MR) is 126 cm³/mol. The minimum atomic E-state index is -3.62. The van der Waals surface area contributed by atoms with E-state index >= 15 is 0 Å². The van der Waals surface area contributed by atoms with E-state index in [4.69, 9.17) is 0 Å². The Bertz CT molecular complexity index is 885. The van der Waals surface area contributed by atoms with Gasteiger partial charge < -0.3 is 9.80 Å². The number of benzene rings is 1. The van der Waals surface area contributed by atoms with E-state index in [2.05, 4.69) is 14.5 Å². The summed E-state index contributed by atoms with van der Waals surface area (Å²) < 4.78 is 28.7. The number of nitrogens with zero attached hydrogens (tertiary/aromatic N) is 3. The van der Waals surface area contributed by atoms with Gasteiger partial charge in [0, 0.05) is 50.9 Å². The first kappa shape index (κ1) is 23.7. The van der Waals surface area contributed by atoms with Gasteiger partial charge in [0.2, 0.25) is 10.0 Å². The van der Waals surface area contributed by atoms with Crippen LogP contribution in [-0.2, 0) is 10.0 Å². The number of sulfonamides is 1. The van der Waals surface area contributed by atoms with Crippen molar-refractivity contribution in [3.05, 3.63) is 29.3 Å². The molecule has 2 saturated heterocycles. The summed E-state index contributed by atoms with van der Waals surface area (Å²) in [4.78, 5) is 20.3. The first-order valence-electron chi connectivity index (χ1n) is 12.3. The average Bonchev–Trinajstić information content (AvgIpc) is 3.32. The lowest BCUT2D eigenvalue weighted by molar-refractivity contribution is 0.0625. The summed E-state index contributed by atoms with van der Waals surface area (Å²) in [6.07, 6.45) is 7.70. The molecule has 1 saturated carbocycles. The molecule has 3 aliphatic rings. The van der Waals surface area contributed by atoms with Crippen LogP contribution in [0.25, 0.3) is 0 Å². The molecule has 2 heterocycles. The second-order valence-corrected chi connectivity index (χ2v) is 11.3. The van der Waals surface area contributed by atoms with E-state index in [1.165, 1.54) is 32.4 Å². The Labute approximate surface area is 193 Å². The van der Waals surface area contributed by atoms with Crippen LogP contribution in [0.1, 0.15) is 60.9 Å². The monoisotopic (exact) mass is 462 g/mol. The van der Waals surface area contributed by atoms with Crippen molar-refractivity contribution in [3.8, 4) is 0 Å². The van der Waals surface area contributed by atoms with Gasteiger partial charge in [0.05, 0.1) is 4.90 Å². The second kappa shape index (κ2) is 10.6. The van der Waals surface area contributed by atoms with Crippen LogP contribution >= 0.6 is 0 Å². The summed E-state index contributed by atoms with van der Waals surface area (Å²) in [5, 5.41) is 0. The van der Waals surface area contributed by atoms with Gasteiger partial charge in [-0.1, -0.05) is 25.3 Å². The van der Waals surface area contributed by atoms with Gasteiger partial charge >= 0.3 is 0 Å². The maximum absolute atomic E-state index is 13.2. The molecule has 3 fully saturated rings. The number of piperazine rings is 1. The van der Waals surface area contributed by atoms with Gasteiger partial charge in [-0.15, -0.1) is 0 Å². The Kier molecular flexibility index (Phi) is 7.87. The minimum Gasteiger partial charge on any atom is -0.336 e. The highest BCUT2D eigenvalue weighted by Crippen LogP contribution is 2.22. The third-order valence-electron chi connectivity index (χ3n) is 7.27. The molecular formula is C24H38N4O3S. The smallest absolute Gasteiger partial charge is 0.254 e. The molecule has 1 N–H and O–H groups in total. The van der Waals surface area contributed by atoms with E-state index in [0.717, 1.165) is 57.4 Å². The summed E-state index contributed by atoms with van der Waals surface area (Å²) in [5.41, 5.74) is 1.32. The van der Waals surface area contributed by atoms with Crippen LogP contribution in [0, 0.1) is 6.92 Å². The van der Waals surface area contributed by atoms with Crippen molar-refractivity contribution in [2.75, 3.05) is 52.4 Å². The molecule has 0 aromatic heterocycles. The molecule has 0 radical (unpaired) electrons. The largest absolute Gasteiger partial charge is 0.336 e. The summed E-state index contributed by atoms with van der Waals surface area (Å²) in [7, 11) is -3.62. The SMILES string of the molecule is Cc1ccc(S(=O)(=O)NC2CCCCC2)cc1C(=O)N1CCN(CCN2CCCC2)CC1. The highest BCUT2D eigenvalue weighted by Gasteiger charge is 2.27. The summed E-state index contributed by atoms with van der Waals surface area (Å²) >= 11 is 0. The van der Waals surface area contributed by atoms with Crippen molar-refractivity contribution in [1.82, 2.24) is 19.4 Å². The van der Waals surface area contributed by atoms with Gasteiger partial charge in [0.25, 0.3) is 5.91 Å². The molecular weight excluding hydrogens is 424 g/mol. The molecule has 0 spiro atoms. The van der Waals surface area contributed by atoms with Crippen LogP contribution in [0.15, 0.2) is 23.1 Å². The van der Waals surface area contributed by atoms with Crippen molar-refractivity contribution < 1.29 is 13.2 Å². The van der Waals surface area contributed by atoms with E-state index in [1.807, 2.05) is 11.8 Å². The van der Waals surface area contributed by atoms with Gasteiger partial charge in [-0.2, -0.15) is 0 Å². The third-order valence-corrected chi connectivity index (χ3v) is 8.79. The van der Waals surface area contributed by atoms with Gasteiger partial charge in [0.15, 0.2) is 0 Å². The zero-order chi connectivity index (χ0) is 22.6. The Hall–Kier alpha value is -1.48. The van der Waals surface area contributed by atoms with E-state index in [-0.39, 0.29) is 16.8 Å². The quantitative estimate of drug-likeness (QED) is 0.674. The summed E-state index contributed by atoms with van der Waals surface area (Å²) in [6, 6.07) is 4.95. The van der Waals surface area contributed by atoms with Crippen molar-refractivity contribution in [1.29, 1.82) is 0 Å². The summed E-state index contributed by atoms with van der Waals surface area (Å²) in [5.74, 6) is -0.0589. The van der Waals surface area contributed by atoms with E-state index in [9.17, 15) is 13.2 Å². The van der Waals surface area contributed by atoms with Crippen molar-refractivity contribution in [2.45, 2.75) is 62.8 Å². The van der Waals surface area contributed by atoms with E-state index in [0.29, 0.717) is 18.7 Å². The Morgan fingerprint density at radius 2 is 1.53 bits per heavy atom. The lowest BCUT2D eigenvalue weighted by Gasteiger charge is -2.35. The molecule has 0 bridgehead atoms. The topological polar surface area (TPSA) is 73.0 Å². The number of hydrogen-bond acceptors (Lipinski definition) is 5. The molecule has 1 amide bonds. The molecule has 1 aromatic rings. The fraction of sp³-hybridized carbons (Fsp3) is 0.708. The first-order valence-corrected chi connectivity index (χ1v) is 13.8. The third kappa shape index (κ3) is 5.90. The average molecular weight is 463 g/mol. The highest BCUT2D eigenvalue weighted by molar-refractivity contribution is 7.89. The second-order valence-electron chi connectivity index (χ2n) is 9.62. The molecule has 1 aliphatic carbocycles. The minimum absolute atomic E-state index is 0.00263. The molecule has 7 nitrogen and oxygen atoms in total.